The van der Waals surface area contributed by atoms with Crippen LogP contribution in [0.4, 0.5) is 5.69 Å². The number of thioether (sulfide) groups is 1. The van der Waals surface area contributed by atoms with Gasteiger partial charge in [0.05, 0.1) is 4.90 Å². The first kappa shape index (κ1) is 16.2. The fourth-order valence-corrected chi connectivity index (χ4v) is 4.16. The van der Waals surface area contributed by atoms with E-state index in [9.17, 15) is 13.2 Å². The van der Waals surface area contributed by atoms with E-state index in [0.717, 1.165) is 18.4 Å². The molecule has 0 spiro atoms. The fraction of sp³-hybridized carbons (Fsp3) is 0.500. The highest BCUT2D eigenvalue weighted by Gasteiger charge is 2.24. The summed E-state index contributed by atoms with van der Waals surface area (Å²) < 4.78 is 23.3. The Kier molecular flexibility index (Phi) is 4.83. The van der Waals surface area contributed by atoms with Crippen LogP contribution in [-0.4, -0.2) is 49.6 Å². The summed E-state index contributed by atoms with van der Waals surface area (Å²) >= 11 is 1.88. The third kappa shape index (κ3) is 3.91. The van der Waals surface area contributed by atoms with E-state index in [1.165, 1.54) is 12.1 Å². The van der Waals surface area contributed by atoms with E-state index in [1.807, 2.05) is 11.8 Å². The number of carbonyl (C=O) groups is 1. The van der Waals surface area contributed by atoms with Crippen LogP contribution in [0.15, 0.2) is 23.1 Å². The predicted molar refractivity (Wildman–Crippen MR) is 86.4 cm³/mol. The van der Waals surface area contributed by atoms with Crippen molar-refractivity contribution in [3.8, 4) is 0 Å². The number of amides is 1. The van der Waals surface area contributed by atoms with Gasteiger partial charge in [0, 0.05) is 41.6 Å². The van der Waals surface area contributed by atoms with Crippen molar-refractivity contribution in [2.75, 3.05) is 30.8 Å². The number of rotatable bonds is 3. The monoisotopic (exact) mass is 328 g/mol. The molecule has 7 heteroatoms. The molecule has 1 aliphatic rings. The summed E-state index contributed by atoms with van der Waals surface area (Å²) in [6.07, 6.45) is 2.13. The van der Waals surface area contributed by atoms with E-state index in [-0.39, 0.29) is 10.8 Å². The van der Waals surface area contributed by atoms with Crippen LogP contribution < -0.4 is 5.73 Å². The zero-order chi connectivity index (χ0) is 15.6. The van der Waals surface area contributed by atoms with Gasteiger partial charge in [-0.1, -0.05) is 6.92 Å². The maximum Gasteiger partial charge on any atom is 0.254 e. The van der Waals surface area contributed by atoms with Gasteiger partial charge in [0.2, 0.25) is 0 Å². The number of carbonyl (C=O) groups excluding carboxylic acids is 1. The van der Waals surface area contributed by atoms with Crippen LogP contribution >= 0.6 is 11.8 Å². The lowest BCUT2D eigenvalue weighted by molar-refractivity contribution is 0.0760. The summed E-state index contributed by atoms with van der Waals surface area (Å²) in [5, 5.41) is 0.443. The molecule has 1 aliphatic heterocycles. The minimum Gasteiger partial charge on any atom is -0.399 e. The third-order valence-corrected chi connectivity index (χ3v) is 5.95. The molecule has 1 aromatic carbocycles. The van der Waals surface area contributed by atoms with Crippen molar-refractivity contribution in [3.63, 3.8) is 0 Å². The summed E-state index contributed by atoms with van der Waals surface area (Å²) in [4.78, 5) is 14.4. The molecule has 0 aliphatic carbocycles. The van der Waals surface area contributed by atoms with E-state index in [1.54, 1.807) is 11.0 Å². The van der Waals surface area contributed by atoms with Crippen molar-refractivity contribution >= 4 is 33.2 Å². The lowest BCUT2D eigenvalue weighted by atomic mass is 10.1. The molecule has 1 unspecified atom stereocenters. The van der Waals surface area contributed by atoms with Gasteiger partial charge < -0.3 is 10.6 Å². The van der Waals surface area contributed by atoms with Crippen LogP contribution in [0.3, 0.4) is 0 Å². The van der Waals surface area contributed by atoms with Crippen LogP contribution in [0.2, 0.25) is 0 Å². The highest BCUT2D eigenvalue weighted by molar-refractivity contribution is 8.00. The van der Waals surface area contributed by atoms with Crippen LogP contribution in [0.5, 0.6) is 0 Å². The Labute approximate surface area is 129 Å². The molecule has 1 aromatic rings. The standard InChI is InChI=1S/C14H20N2O3S2/c1-3-12-9-16(4-5-20-12)14(17)10-6-11(15)8-13(7-10)21(2,18)19/h6-8,12H,3-5,9,15H2,1-2H3. The van der Waals surface area contributed by atoms with Gasteiger partial charge in [-0.2, -0.15) is 11.8 Å². The van der Waals surface area contributed by atoms with E-state index in [4.69, 9.17) is 5.73 Å². The average Bonchev–Trinajstić information content (AvgIpc) is 2.45. The third-order valence-electron chi connectivity index (χ3n) is 3.49. The van der Waals surface area contributed by atoms with Gasteiger partial charge >= 0.3 is 0 Å². The topological polar surface area (TPSA) is 80.5 Å². The number of hydrogen-bond donors (Lipinski definition) is 1. The Balaban J connectivity index is 2.29. The molecule has 21 heavy (non-hydrogen) atoms. The van der Waals surface area contributed by atoms with Crippen LogP contribution in [0.25, 0.3) is 0 Å². The summed E-state index contributed by atoms with van der Waals surface area (Å²) in [7, 11) is -3.38. The Morgan fingerprint density at radius 2 is 2.14 bits per heavy atom. The van der Waals surface area contributed by atoms with Gasteiger partial charge in [0.1, 0.15) is 0 Å². The van der Waals surface area contributed by atoms with Crippen LogP contribution in [0, 0.1) is 0 Å². The highest BCUT2D eigenvalue weighted by atomic mass is 32.2. The molecular weight excluding hydrogens is 308 g/mol. The number of hydrogen-bond acceptors (Lipinski definition) is 5. The van der Waals surface area contributed by atoms with Crippen molar-refractivity contribution < 1.29 is 13.2 Å². The Bertz CT molecular complexity index is 644. The smallest absolute Gasteiger partial charge is 0.254 e. The molecule has 2 N–H and O–H groups in total. The first-order chi connectivity index (χ1) is 9.81. The van der Waals surface area contributed by atoms with Gasteiger partial charge in [-0.05, 0) is 24.6 Å². The van der Waals surface area contributed by atoms with Gasteiger partial charge in [-0.15, -0.1) is 0 Å². The molecule has 0 radical (unpaired) electrons. The molecule has 5 nitrogen and oxygen atoms in total. The molecule has 0 aromatic heterocycles. The molecule has 116 valence electrons. The maximum absolute atomic E-state index is 12.6. The molecular formula is C14H20N2O3S2. The predicted octanol–water partition coefficient (Wildman–Crippen LogP) is 1.64. The second-order valence-corrected chi connectivity index (χ2v) is 8.64. The minimum atomic E-state index is -3.38. The van der Waals surface area contributed by atoms with Gasteiger partial charge in [-0.3, -0.25) is 4.79 Å². The average molecular weight is 328 g/mol. The fourth-order valence-electron chi connectivity index (χ4n) is 2.29. The Morgan fingerprint density at radius 1 is 1.43 bits per heavy atom. The second kappa shape index (κ2) is 6.27. The largest absolute Gasteiger partial charge is 0.399 e. The first-order valence-electron chi connectivity index (χ1n) is 6.82. The summed E-state index contributed by atoms with van der Waals surface area (Å²) in [5.41, 5.74) is 6.37. The van der Waals surface area contributed by atoms with Gasteiger partial charge in [-0.25, -0.2) is 8.42 Å². The van der Waals surface area contributed by atoms with Crippen LogP contribution in [-0.2, 0) is 9.84 Å². The van der Waals surface area contributed by atoms with Crippen molar-refractivity contribution in [3.05, 3.63) is 23.8 Å². The zero-order valence-electron chi connectivity index (χ0n) is 12.2. The quantitative estimate of drug-likeness (QED) is 0.853. The van der Waals surface area contributed by atoms with Crippen molar-refractivity contribution in [2.45, 2.75) is 23.5 Å². The van der Waals surface area contributed by atoms with E-state index in [2.05, 4.69) is 6.92 Å². The lowest BCUT2D eigenvalue weighted by Gasteiger charge is -2.32. The summed E-state index contributed by atoms with van der Waals surface area (Å²) in [6.45, 7) is 3.49. The Morgan fingerprint density at radius 3 is 2.76 bits per heavy atom. The summed E-state index contributed by atoms with van der Waals surface area (Å²) in [6, 6.07) is 4.34. The maximum atomic E-state index is 12.6. The molecule has 1 fully saturated rings. The zero-order valence-corrected chi connectivity index (χ0v) is 13.8. The van der Waals surface area contributed by atoms with Crippen molar-refractivity contribution in [1.29, 1.82) is 0 Å². The Hall–Kier alpha value is -1.21. The SMILES string of the molecule is CCC1CN(C(=O)c2cc(N)cc(S(C)(=O)=O)c2)CCS1. The van der Waals surface area contributed by atoms with Crippen LogP contribution in [0.1, 0.15) is 23.7 Å². The molecule has 0 saturated carbocycles. The van der Waals surface area contributed by atoms with Crippen molar-refractivity contribution in [2.24, 2.45) is 0 Å². The first-order valence-corrected chi connectivity index (χ1v) is 9.76. The number of anilines is 1. The highest BCUT2D eigenvalue weighted by Crippen LogP contribution is 2.24. The van der Waals surface area contributed by atoms with Gasteiger partial charge in [0.25, 0.3) is 5.91 Å². The van der Waals surface area contributed by atoms with Crippen molar-refractivity contribution in [1.82, 2.24) is 4.90 Å². The van der Waals surface area contributed by atoms with Gasteiger partial charge in [0.15, 0.2) is 9.84 Å². The number of nitrogens with two attached hydrogens (primary N) is 1. The molecule has 0 bridgehead atoms. The van der Waals surface area contributed by atoms with E-state index in [0.29, 0.717) is 29.6 Å². The summed E-state index contributed by atoms with van der Waals surface area (Å²) in [5.74, 6) is 0.761. The molecule has 1 amide bonds. The molecule has 1 heterocycles. The number of sulfone groups is 1. The number of nitrogen functional groups attached to an aromatic ring is 1. The molecule has 2 rings (SSSR count). The second-order valence-electron chi connectivity index (χ2n) is 5.22. The number of benzene rings is 1. The van der Waals surface area contributed by atoms with E-state index < -0.39 is 9.84 Å². The lowest BCUT2D eigenvalue weighted by Crippen LogP contribution is -2.41. The molecule has 1 atom stereocenters. The molecule has 1 saturated heterocycles. The minimum absolute atomic E-state index is 0.0873. The van der Waals surface area contributed by atoms with E-state index >= 15 is 0 Å². The normalized spacial score (nSPS) is 19.5. The number of nitrogens with zero attached hydrogens (tertiary/aromatic N) is 1.